The molecule has 1 aromatic heterocycles. The second-order valence-electron chi connectivity index (χ2n) is 5.75. The van der Waals surface area contributed by atoms with Gasteiger partial charge in [0.05, 0.1) is 4.92 Å². The summed E-state index contributed by atoms with van der Waals surface area (Å²) >= 11 is 1.30. The Kier molecular flexibility index (Phi) is 5.75. The van der Waals surface area contributed by atoms with Crippen LogP contribution in [-0.2, 0) is 9.53 Å². The number of nitro groups is 1. The van der Waals surface area contributed by atoms with E-state index in [2.05, 4.69) is 10.3 Å². The maximum atomic E-state index is 12.3. The van der Waals surface area contributed by atoms with Crippen molar-refractivity contribution in [3.8, 4) is 10.6 Å². The number of carbonyl (C=O) groups is 2. The van der Waals surface area contributed by atoms with Crippen LogP contribution in [0.4, 0.5) is 11.4 Å². The number of nitrogens with zero attached hydrogens (tertiary/aromatic N) is 2. The minimum Gasteiger partial charge on any atom is -0.448 e. The largest absolute Gasteiger partial charge is 0.448 e. The van der Waals surface area contributed by atoms with Crippen LogP contribution >= 0.6 is 11.3 Å². The standard InChI is InChI=1S/C19H15N3O5S/c1-12(17(23)20-14-8-5-9-15(10-14)22(25)26)27-19(24)16-11-28-18(21-16)13-6-3-2-4-7-13/h2-12H,1H3,(H,20,23). The second-order valence-corrected chi connectivity index (χ2v) is 6.61. The first-order chi connectivity index (χ1) is 13.4. The van der Waals surface area contributed by atoms with E-state index < -0.39 is 22.9 Å². The molecular weight excluding hydrogens is 382 g/mol. The molecule has 0 aliphatic heterocycles. The Morgan fingerprint density at radius 3 is 2.64 bits per heavy atom. The minimum atomic E-state index is -1.10. The van der Waals surface area contributed by atoms with E-state index in [0.717, 1.165) is 5.56 Å². The third-order valence-electron chi connectivity index (χ3n) is 3.71. The highest BCUT2D eigenvalue weighted by molar-refractivity contribution is 7.13. The van der Waals surface area contributed by atoms with Gasteiger partial charge in [-0.3, -0.25) is 14.9 Å². The molecule has 1 atom stereocenters. The third kappa shape index (κ3) is 4.57. The van der Waals surface area contributed by atoms with Crippen molar-refractivity contribution in [1.29, 1.82) is 0 Å². The van der Waals surface area contributed by atoms with Crippen LogP contribution < -0.4 is 5.32 Å². The highest BCUT2D eigenvalue weighted by atomic mass is 32.1. The van der Waals surface area contributed by atoms with E-state index in [1.807, 2.05) is 30.3 Å². The third-order valence-corrected chi connectivity index (χ3v) is 4.60. The average molecular weight is 397 g/mol. The molecule has 1 heterocycles. The van der Waals surface area contributed by atoms with Crippen LogP contribution in [0.5, 0.6) is 0 Å². The summed E-state index contributed by atoms with van der Waals surface area (Å²) in [6.07, 6.45) is -1.10. The molecule has 142 valence electrons. The fourth-order valence-electron chi connectivity index (χ4n) is 2.30. The van der Waals surface area contributed by atoms with Gasteiger partial charge in [0.25, 0.3) is 11.6 Å². The van der Waals surface area contributed by atoms with E-state index in [0.29, 0.717) is 5.01 Å². The molecule has 0 spiro atoms. The van der Waals surface area contributed by atoms with Crippen LogP contribution in [-0.4, -0.2) is 27.9 Å². The zero-order valence-electron chi connectivity index (χ0n) is 14.7. The Hall–Kier alpha value is -3.59. The molecule has 1 N–H and O–H groups in total. The summed E-state index contributed by atoms with van der Waals surface area (Å²) in [6, 6.07) is 14.9. The van der Waals surface area contributed by atoms with Crippen LogP contribution in [0.2, 0.25) is 0 Å². The van der Waals surface area contributed by atoms with Gasteiger partial charge in [-0.25, -0.2) is 9.78 Å². The summed E-state index contributed by atoms with van der Waals surface area (Å²) in [4.78, 5) is 38.9. The number of rotatable bonds is 6. The van der Waals surface area contributed by atoms with Crippen molar-refractivity contribution in [3.05, 3.63) is 75.8 Å². The Labute approximate surface area is 164 Å². The van der Waals surface area contributed by atoms with Gasteiger partial charge >= 0.3 is 5.97 Å². The molecule has 0 saturated carbocycles. The summed E-state index contributed by atoms with van der Waals surface area (Å²) in [6.45, 7) is 1.41. The van der Waals surface area contributed by atoms with Gasteiger partial charge in [-0.15, -0.1) is 11.3 Å². The van der Waals surface area contributed by atoms with Gasteiger partial charge in [0.1, 0.15) is 5.01 Å². The van der Waals surface area contributed by atoms with Crippen molar-refractivity contribution in [2.75, 3.05) is 5.32 Å². The molecule has 0 saturated heterocycles. The lowest BCUT2D eigenvalue weighted by molar-refractivity contribution is -0.384. The maximum absolute atomic E-state index is 12.3. The van der Waals surface area contributed by atoms with Crippen molar-refractivity contribution >= 4 is 34.6 Å². The summed E-state index contributed by atoms with van der Waals surface area (Å²) < 4.78 is 5.16. The zero-order valence-corrected chi connectivity index (χ0v) is 15.5. The Balaban J connectivity index is 1.62. The highest BCUT2D eigenvalue weighted by Gasteiger charge is 2.21. The summed E-state index contributed by atoms with van der Waals surface area (Å²) in [5.41, 5.74) is 1.07. The van der Waals surface area contributed by atoms with Crippen LogP contribution in [0.25, 0.3) is 10.6 Å². The maximum Gasteiger partial charge on any atom is 0.358 e. The number of hydrogen-bond acceptors (Lipinski definition) is 7. The molecule has 9 heteroatoms. The molecule has 1 amide bonds. The van der Waals surface area contributed by atoms with Gasteiger partial charge < -0.3 is 10.1 Å². The molecule has 0 radical (unpaired) electrons. The van der Waals surface area contributed by atoms with Gasteiger partial charge in [-0.2, -0.15) is 0 Å². The fourth-order valence-corrected chi connectivity index (χ4v) is 3.09. The van der Waals surface area contributed by atoms with Crippen molar-refractivity contribution in [1.82, 2.24) is 4.98 Å². The van der Waals surface area contributed by atoms with Crippen LogP contribution in [0, 0.1) is 10.1 Å². The van der Waals surface area contributed by atoms with E-state index in [4.69, 9.17) is 4.74 Å². The van der Waals surface area contributed by atoms with E-state index in [-0.39, 0.29) is 17.1 Å². The van der Waals surface area contributed by atoms with Crippen LogP contribution in [0.15, 0.2) is 60.0 Å². The number of non-ortho nitro benzene ring substituents is 1. The normalized spacial score (nSPS) is 11.5. The Morgan fingerprint density at radius 2 is 1.93 bits per heavy atom. The lowest BCUT2D eigenvalue weighted by atomic mass is 10.2. The minimum absolute atomic E-state index is 0.110. The Bertz CT molecular complexity index is 1020. The van der Waals surface area contributed by atoms with Gasteiger partial charge in [-0.05, 0) is 13.0 Å². The van der Waals surface area contributed by atoms with Gasteiger partial charge in [0.2, 0.25) is 0 Å². The number of thiazole rings is 1. The fraction of sp³-hybridized carbons (Fsp3) is 0.105. The monoisotopic (exact) mass is 397 g/mol. The molecule has 0 bridgehead atoms. The second kappa shape index (κ2) is 8.40. The van der Waals surface area contributed by atoms with E-state index in [1.54, 1.807) is 5.38 Å². The predicted octanol–water partition coefficient (Wildman–Crippen LogP) is 3.90. The first-order valence-electron chi connectivity index (χ1n) is 8.21. The number of nitro benzene ring substituents is 1. The topological polar surface area (TPSA) is 111 Å². The molecule has 28 heavy (non-hydrogen) atoms. The van der Waals surface area contributed by atoms with E-state index in [1.165, 1.54) is 42.5 Å². The average Bonchev–Trinajstić information content (AvgIpc) is 3.19. The molecular formula is C19H15N3O5S. The van der Waals surface area contributed by atoms with Gasteiger partial charge in [-0.1, -0.05) is 36.4 Å². The first-order valence-corrected chi connectivity index (χ1v) is 9.09. The molecule has 1 unspecified atom stereocenters. The summed E-state index contributed by atoms with van der Waals surface area (Å²) in [5.74, 6) is -1.33. The number of esters is 1. The number of hydrogen-bond donors (Lipinski definition) is 1. The number of nitrogens with one attached hydrogen (secondary N) is 1. The highest BCUT2D eigenvalue weighted by Crippen LogP contribution is 2.24. The molecule has 0 aliphatic rings. The van der Waals surface area contributed by atoms with Crippen molar-refractivity contribution < 1.29 is 19.2 Å². The smallest absolute Gasteiger partial charge is 0.358 e. The lowest BCUT2D eigenvalue weighted by Crippen LogP contribution is -2.30. The molecule has 3 aromatic rings. The molecule has 3 rings (SSSR count). The number of ether oxygens (including phenoxy) is 1. The summed E-state index contributed by atoms with van der Waals surface area (Å²) in [7, 11) is 0. The van der Waals surface area contributed by atoms with Crippen molar-refractivity contribution in [3.63, 3.8) is 0 Å². The van der Waals surface area contributed by atoms with Gasteiger partial charge in [0.15, 0.2) is 11.8 Å². The van der Waals surface area contributed by atoms with Crippen molar-refractivity contribution in [2.45, 2.75) is 13.0 Å². The first kappa shape index (κ1) is 19.2. The molecule has 0 aliphatic carbocycles. The molecule has 8 nitrogen and oxygen atoms in total. The number of aromatic nitrogens is 1. The van der Waals surface area contributed by atoms with Crippen molar-refractivity contribution in [2.24, 2.45) is 0 Å². The van der Waals surface area contributed by atoms with Crippen LogP contribution in [0.3, 0.4) is 0 Å². The zero-order chi connectivity index (χ0) is 20.1. The number of carbonyl (C=O) groups excluding carboxylic acids is 2. The van der Waals surface area contributed by atoms with Gasteiger partial charge in [0, 0.05) is 28.8 Å². The molecule has 2 aromatic carbocycles. The predicted molar refractivity (Wildman–Crippen MR) is 104 cm³/mol. The Morgan fingerprint density at radius 1 is 1.18 bits per heavy atom. The van der Waals surface area contributed by atoms with E-state index in [9.17, 15) is 19.7 Å². The number of amides is 1. The van der Waals surface area contributed by atoms with E-state index >= 15 is 0 Å². The number of benzene rings is 2. The SMILES string of the molecule is CC(OC(=O)c1csc(-c2ccccc2)n1)C(=O)Nc1cccc([N+](=O)[O-])c1. The lowest BCUT2D eigenvalue weighted by Gasteiger charge is -2.12. The number of anilines is 1. The summed E-state index contributed by atoms with van der Waals surface area (Å²) in [5, 5.41) is 15.5. The quantitative estimate of drug-likeness (QED) is 0.383. The molecule has 0 fully saturated rings. The van der Waals surface area contributed by atoms with Crippen LogP contribution in [0.1, 0.15) is 17.4 Å².